The molecule has 1 N–H and O–H groups in total. The highest BCUT2D eigenvalue weighted by atomic mass is 16.4. The van der Waals surface area contributed by atoms with Crippen LogP contribution in [0.1, 0.15) is 52.4 Å². The van der Waals surface area contributed by atoms with E-state index in [2.05, 4.69) is 0 Å². The molecule has 2 aliphatic rings. The van der Waals surface area contributed by atoms with E-state index in [0.29, 0.717) is 38.3 Å². The largest absolute Gasteiger partial charge is 0.481 e. The molecule has 120 valence electrons. The first-order valence-corrected chi connectivity index (χ1v) is 8.29. The van der Waals surface area contributed by atoms with E-state index < -0.39 is 11.4 Å². The number of nitrogens with zero attached hydrogens (tertiary/aromatic N) is 2. The standard InChI is InChI=1S/C16H28N2O3/c1-3-16(14(19)20)8-10-18(11-9-16)15(21)17(4-2)12-13-6-5-7-13/h13H,3-12H2,1-2H3,(H,19,20). The average Bonchev–Trinajstić information content (AvgIpc) is 2.45. The van der Waals surface area contributed by atoms with Crippen LogP contribution < -0.4 is 0 Å². The fraction of sp³-hybridized carbons (Fsp3) is 0.875. The maximum Gasteiger partial charge on any atom is 0.319 e. The quantitative estimate of drug-likeness (QED) is 0.848. The van der Waals surface area contributed by atoms with Crippen molar-refractivity contribution in [3.05, 3.63) is 0 Å². The lowest BCUT2D eigenvalue weighted by molar-refractivity contribution is -0.152. The second-order valence-corrected chi connectivity index (χ2v) is 6.54. The van der Waals surface area contributed by atoms with Gasteiger partial charge in [0.1, 0.15) is 0 Å². The van der Waals surface area contributed by atoms with E-state index in [9.17, 15) is 14.7 Å². The molecule has 1 aliphatic carbocycles. The molecule has 0 radical (unpaired) electrons. The van der Waals surface area contributed by atoms with Crippen LogP contribution in [0.5, 0.6) is 0 Å². The Balaban J connectivity index is 1.90. The molecule has 0 bridgehead atoms. The number of urea groups is 1. The number of piperidine rings is 1. The van der Waals surface area contributed by atoms with Gasteiger partial charge < -0.3 is 14.9 Å². The predicted molar refractivity (Wildman–Crippen MR) is 81.2 cm³/mol. The number of likely N-dealkylation sites (tertiary alicyclic amines) is 1. The smallest absolute Gasteiger partial charge is 0.319 e. The fourth-order valence-corrected chi connectivity index (χ4v) is 3.37. The van der Waals surface area contributed by atoms with E-state index in [1.54, 1.807) is 0 Å². The van der Waals surface area contributed by atoms with Crippen LogP contribution in [0, 0.1) is 11.3 Å². The highest BCUT2D eigenvalue weighted by Gasteiger charge is 2.41. The van der Waals surface area contributed by atoms with Gasteiger partial charge in [0.15, 0.2) is 0 Å². The Morgan fingerprint density at radius 2 is 1.86 bits per heavy atom. The Kier molecular flexibility index (Phi) is 5.12. The fourth-order valence-electron chi connectivity index (χ4n) is 3.37. The Morgan fingerprint density at radius 1 is 1.24 bits per heavy atom. The van der Waals surface area contributed by atoms with E-state index in [1.807, 2.05) is 23.6 Å². The molecular formula is C16H28N2O3. The third kappa shape index (κ3) is 3.33. The molecule has 0 aromatic rings. The third-order valence-electron chi connectivity index (χ3n) is 5.48. The number of hydrogen-bond acceptors (Lipinski definition) is 2. The van der Waals surface area contributed by atoms with Crippen LogP contribution in [0.3, 0.4) is 0 Å². The molecule has 21 heavy (non-hydrogen) atoms. The summed E-state index contributed by atoms with van der Waals surface area (Å²) in [6.45, 7) is 6.70. The molecule has 5 heteroatoms. The first-order valence-electron chi connectivity index (χ1n) is 8.29. The molecule has 0 spiro atoms. The number of aliphatic carboxylic acids is 1. The highest BCUT2D eigenvalue weighted by Crippen LogP contribution is 2.35. The second-order valence-electron chi connectivity index (χ2n) is 6.54. The lowest BCUT2D eigenvalue weighted by Gasteiger charge is -2.41. The van der Waals surface area contributed by atoms with Gasteiger partial charge in [0.25, 0.3) is 0 Å². The minimum Gasteiger partial charge on any atom is -0.481 e. The SMILES string of the molecule is CCN(CC1CCC1)C(=O)N1CCC(CC)(C(=O)O)CC1. The molecule has 1 aliphatic heterocycles. The summed E-state index contributed by atoms with van der Waals surface area (Å²) in [6, 6.07) is 0.0968. The topological polar surface area (TPSA) is 60.9 Å². The van der Waals surface area contributed by atoms with Crippen LogP contribution in [0.4, 0.5) is 4.79 Å². The highest BCUT2D eigenvalue weighted by molar-refractivity contribution is 5.77. The van der Waals surface area contributed by atoms with Crippen LogP contribution in [-0.2, 0) is 4.79 Å². The van der Waals surface area contributed by atoms with Crippen molar-refractivity contribution >= 4 is 12.0 Å². The molecule has 5 nitrogen and oxygen atoms in total. The Bertz CT molecular complexity index is 385. The number of carbonyl (C=O) groups is 2. The summed E-state index contributed by atoms with van der Waals surface area (Å²) in [5.74, 6) is -0.0358. The molecule has 0 atom stereocenters. The molecule has 0 unspecified atom stereocenters. The van der Waals surface area contributed by atoms with Crippen molar-refractivity contribution in [2.45, 2.75) is 52.4 Å². The molecule has 2 amide bonds. The zero-order chi connectivity index (χ0) is 15.5. The number of carboxylic acid groups (broad SMARTS) is 1. The minimum absolute atomic E-state index is 0.0968. The number of amides is 2. The van der Waals surface area contributed by atoms with Crippen LogP contribution in [0.25, 0.3) is 0 Å². The molecule has 0 aromatic carbocycles. The van der Waals surface area contributed by atoms with Gasteiger partial charge in [-0.25, -0.2) is 4.79 Å². The maximum absolute atomic E-state index is 12.6. The summed E-state index contributed by atoms with van der Waals surface area (Å²) in [5.41, 5.74) is -0.623. The van der Waals surface area contributed by atoms with Crippen molar-refractivity contribution in [3.63, 3.8) is 0 Å². The Morgan fingerprint density at radius 3 is 2.24 bits per heavy atom. The van der Waals surface area contributed by atoms with Crippen molar-refractivity contribution < 1.29 is 14.7 Å². The molecular weight excluding hydrogens is 268 g/mol. The summed E-state index contributed by atoms with van der Waals surface area (Å²) < 4.78 is 0. The van der Waals surface area contributed by atoms with E-state index in [-0.39, 0.29) is 6.03 Å². The summed E-state index contributed by atoms with van der Waals surface area (Å²) >= 11 is 0. The van der Waals surface area contributed by atoms with E-state index in [4.69, 9.17) is 0 Å². The van der Waals surface area contributed by atoms with Gasteiger partial charge in [-0.1, -0.05) is 13.3 Å². The van der Waals surface area contributed by atoms with Crippen molar-refractivity contribution in [2.75, 3.05) is 26.2 Å². The Labute approximate surface area is 127 Å². The zero-order valence-electron chi connectivity index (χ0n) is 13.3. The van der Waals surface area contributed by atoms with Gasteiger partial charge in [-0.15, -0.1) is 0 Å². The van der Waals surface area contributed by atoms with Gasteiger partial charge in [-0.2, -0.15) is 0 Å². The van der Waals surface area contributed by atoms with E-state index >= 15 is 0 Å². The van der Waals surface area contributed by atoms with Gasteiger partial charge in [0.2, 0.25) is 0 Å². The number of rotatable bonds is 5. The minimum atomic E-state index is -0.709. The van der Waals surface area contributed by atoms with Gasteiger partial charge in [0.05, 0.1) is 5.41 Å². The second kappa shape index (κ2) is 6.67. The van der Waals surface area contributed by atoms with Crippen molar-refractivity contribution in [3.8, 4) is 0 Å². The van der Waals surface area contributed by atoms with Gasteiger partial charge in [-0.3, -0.25) is 4.79 Å². The van der Waals surface area contributed by atoms with Gasteiger partial charge in [0, 0.05) is 26.2 Å². The first kappa shape index (κ1) is 16.1. The van der Waals surface area contributed by atoms with E-state index in [1.165, 1.54) is 19.3 Å². The maximum atomic E-state index is 12.6. The average molecular weight is 296 g/mol. The summed E-state index contributed by atoms with van der Waals surface area (Å²) in [6.07, 6.45) is 5.56. The zero-order valence-corrected chi connectivity index (χ0v) is 13.3. The number of hydrogen-bond donors (Lipinski definition) is 1. The summed E-state index contributed by atoms with van der Waals surface area (Å²) in [7, 11) is 0. The van der Waals surface area contributed by atoms with E-state index in [0.717, 1.165) is 13.1 Å². The molecule has 0 aromatic heterocycles. The predicted octanol–water partition coefficient (Wildman–Crippen LogP) is 2.81. The normalized spacial score (nSPS) is 21.7. The molecule has 1 heterocycles. The summed E-state index contributed by atoms with van der Waals surface area (Å²) in [4.78, 5) is 27.8. The third-order valence-corrected chi connectivity index (χ3v) is 5.48. The molecule has 2 fully saturated rings. The number of carboxylic acids is 1. The molecule has 2 rings (SSSR count). The first-order chi connectivity index (χ1) is 10.0. The van der Waals surface area contributed by atoms with Crippen LogP contribution in [0.2, 0.25) is 0 Å². The van der Waals surface area contributed by atoms with Gasteiger partial charge >= 0.3 is 12.0 Å². The van der Waals surface area contributed by atoms with Crippen LogP contribution in [0.15, 0.2) is 0 Å². The monoisotopic (exact) mass is 296 g/mol. The summed E-state index contributed by atoms with van der Waals surface area (Å²) in [5, 5.41) is 9.41. The van der Waals surface area contributed by atoms with Crippen molar-refractivity contribution in [1.29, 1.82) is 0 Å². The van der Waals surface area contributed by atoms with Gasteiger partial charge in [-0.05, 0) is 44.9 Å². The molecule has 1 saturated carbocycles. The van der Waals surface area contributed by atoms with Crippen molar-refractivity contribution in [1.82, 2.24) is 9.80 Å². The Hall–Kier alpha value is -1.26. The lowest BCUT2D eigenvalue weighted by atomic mass is 9.76. The lowest BCUT2D eigenvalue weighted by Crippen LogP contribution is -2.51. The van der Waals surface area contributed by atoms with Crippen molar-refractivity contribution in [2.24, 2.45) is 11.3 Å². The van der Waals surface area contributed by atoms with Crippen LogP contribution >= 0.6 is 0 Å². The van der Waals surface area contributed by atoms with Crippen LogP contribution in [-0.4, -0.2) is 53.1 Å². The number of carbonyl (C=O) groups excluding carboxylic acids is 1. The molecule has 1 saturated heterocycles.